The smallest absolute Gasteiger partial charge is 0.237 e. The van der Waals surface area contributed by atoms with Crippen LogP contribution < -0.4 is 15.4 Å². The number of methoxy groups -OCH3 is 1. The van der Waals surface area contributed by atoms with E-state index in [1.165, 1.54) is 12.0 Å². The second-order valence-electron chi connectivity index (χ2n) is 5.44. The number of carbonyl (C=O) groups excluding carboxylic acids is 2. The maximum absolute atomic E-state index is 12.5. The molecule has 2 atom stereocenters. The molecule has 3 rings (SSSR count). The monoisotopic (exact) mass is 274 g/mol. The van der Waals surface area contributed by atoms with Gasteiger partial charge in [-0.3, -0.25) is 9.59 Å². The molecule has 1 aromatic carbocycles. The van der Waals surface area contributed by atoms with Crippen molar-refractivity contribution in [3.63, 3.8) is 0 Å². The summed E-state index contributed by atoms with van der Waals surface area (Å²) in [5.74, 6) is -0.0343. The number of fused-ring (bicyclic) bond motifs is 1. The van der Waals surface area contributed by atoms with Crippen LogP contribution in [0, 0.1) is 11.8 Å². The molecule has 2 N–H and O–H groups in total. The summed E-state index contributed by atoms with van der Waals surface area (Å²) in [4.78, 5) is 26.3. The van der Waals surface area contributed by atoms with Gasteiger partial charge in [-0.1, -0.05) is 12.8 Å². The Kier molecular flexibility index (Phi) is 3.12. The van der Waals surface area contributed by atoms with E-state index in [-0.39, 0.29) is 23.7 Å². The van der Waals surface area contributed by atoms with E-state index >= 15 is 0 Å². The fourth-order valence-electron chi connectivity index (χ4n) is 3.28. The van der Waals surface area contributed by atoms with Gasteiger partial charge < -0.3 is 10.5 Å². The number of ether oxygens (including phenoxy) is 1. The van der Waals surface area contributed by atoms with Crippen molar-refractivity contribution in [1.82, 2.24) is 0 Å². The first-order valence-corrected chi connectivity index (χ1v) is 6.95. The number of nitrogens with two attached hydrogens (primary N) is 1. The van der Waals surface area contributed by atoms with E-state index in [2.05, 4.69) is 0 Å². The van der Waals surface area contributed by atoms with Crippen LogP contribution in [0.5, 0.6) is 5.75 Å². The van der Waals surface area contributed by atoms with Crippen LogP contribution in [0.15, 0.2) is 18.2 Å². The van der Waals surface area contributed by atoms with Gasteiger partial charge in [-0.15, -0.1) is 0 Å². The number of nitrogens with zero attached hydrogens (tertiary/aromatic N) is 1. The van der Waals surface area contributed by atoms with Gasteiger partial charge in [-0.25, -0.2) is 4.90 Å². The molecule has 1 saturated heterocycles. The summed E-state index contributed by atoms with van der Waals surface area (Å²) in [5.41, 5.74) is 6.77. The Morgan fingerprint density at radius 3 is 2.30 bits per heavy atom. The first-order valence-electron chi connectivity index (χ1n) is 6.95. The van der Waals surface area contributed by atoms with Gasteiger partial charge in [0, 0.05) is 11.8 Å². The van der Waals surface area contributed by atoms with Gasteiger partial charge in [0.25, 0.3) is 0 Å². The maximum Gasteiger partial charge on any atom is 0.237 e. The number of hydrogen-bond acceptors (Lipinski definition) is 4. The Bertz CT molecular complexity index is 546. The van der Waals surface area contributed by atoms with Crippen LogP contribution in [0.3, 0.4) is 0 Å². The summed E-state index contributed by atoms with van der Waals surface area (Å²) >= 11 is 0. The third-order valence-electron chi connectivity index (χ3n) is 4.29. The normalized spacial score (nSPS) is 25.8. The molecule has 20 heavy (non-hydrogen) atoms. The molecule has 106 valence electrons. The van der Waals surface area contributed by atoms with Crippen LogP contribution >= 0.6 is 0 Å². The number of anilines is 2. The summed E-state index contributed by atoms with van der Waals surface area (Å²) < 4.78 is 5.26. The van der Waals surface area contributed by atoms with E-state index in [1.807, 2.05) is 0 Å². The Labute approximate surface area is 117 Å². The number of imide groups is 1. The topological polar surface area (TPSA) is 72.6 Å². The fraction of sp³-hybridized carbons (Fsp3) is 0.467. The lowest BCUT2D eigenvalue weighted by Gasteiger charge is -2.19. The molecule has 0 radical (unpaired) electrons. The molecule has 0 bridgehead atoms. The highest BCUT2D eigenvalue weighted by molar-refractivity contribution is 6.22. The standard InChI is InChI=1S/C15H18N2O3/c1-20-13-8-9(16)6-7-12(13)17-14(18)10-4-2-3-5-11(10)15(17)19/h6-8,10-11H,2-5,16H2,1H3. The molecule has 2 unspecified atom stereocenters. The largest absolute Gasteiger partial charge is 0.494 e. The molecule has 0 aromatic heterocycles. The predicted molar refractivity (Wildman–Crippen MR) is 75.3 cm³/mol. The highest BCUT2D eigenvalue weighted by atomic mass is 16.5. The Balaban J connectivity index is 2.01. The van der Waals surface area contributed by atoms with Gasteiger partial charge >= 0.3 is 0 Å². The van der Waals surface area contributed by atoms with Crippen molar-refractivity contribution in [1.29, 1.82) is 0 Å². The maximum atomic E-state index is 12.5. The van der Waals surface area contributed by atoms with Crippen molar-refractivity contribution < 1.29 is 14.3 Å². The number of nitrogen functional groups attached to an aromatic ring is 1. The molecule has 1 aliphatic heterocycles. The van der Waals surface area contributed by atoms with E-state index in [9.17, 15) is 9.59 Å². The zero-order chi connectivity index (χ0) is 14.3. The van der Waals surface area contributed by atoms with Crippen molar-refractivity contribution in [2.24, 2.45) is 11.8 Å². The molecule has 1 heterocycles. The molecule has 0 spiro atoms. The molecule has 1 saturated carbocycles. The SMILES string of the molecule is COc1cc(N)ccc1N1C(=O)C2CCCCC2C1=O. The van der Waals surface area contributed by atoms with Gasteiger partial charge in [0.2, 0.25) is 11.8 Å². The second kappa shape index (κ2) is 4.81. The van der Waals surface area contributed by atoms with E-state index in [4.69, 9.17) is 10.5 Å². The molecule has 5 nitrogen and oxygen atoms in total. The summed E-state index contributed by atoms with van der Waals surface area (Å²) in [5, 5.41) is 0. The molecule has 5 heteroatoms. The number of benzene rings is 1. The Morgan fingerprint density at radius 2 is 1.75 bits per heavy atom. The minimum atomic E-state index is -0.154. The van der Waals surface area contributed by atoms with E-state index in [1.54, 1.807) is 18.2 Å². The van der Waals surface area contributed by atoms with Crippen molar-refractivity contribution in [3.05, 3.63) is 18.2 Å². The number of amides is 2. The fourth-order valence-corrected chi connectivity index (χ4v) is 3.28. The van der Waals surface area contributed by atoms with Crippen LogP contribution in [-0.2, 0) is 9.59 Å². The molecule has 1 aromatic rings. The number of carbonyl (C=O) groups is 2. The van der Waals surface area contributed by atoms with Crippen LogP contribution in [0.25, 0.3) is 0 Å². The zero-order valence-corrected chi connectivity index (χ0v) is 11.5. The minimum absolute atomic E-state index is 0.0947. The predicted octanol–water partition coefficient (Wildman–Crippen LogP) is 1.96. The Morgan fingerprint density at radius 1 is 1.15 bits per heavy atom. The van der Waals surface area contributed by atoms with Gasteiger partial charge in [0.1, 0.15) is 5.75 Å². The van der Waals surface area contributed by atoms with Gasteiger partial charge in [0.15, 0.2) is 0 Å². The zero-order valence-electron chi connectivity index (χ0n) is 11.5. The lowest BCUT2D eigenvalue weighted by atomic mass is 9.81. The summed E-state index contributed by atoms with van der Waals surface area (Å²) in [6.45, 7) is 0. The van der Waals surface area contributed by atoms with Crippen LogP contribution in [0.4, 0.5) is 11.4 Å². The Hall–Kier alpha value is -2.04. The van der Waals surface area contributed by atoms with Crippen LogP contribution in [-0.4, -0.2) is 18.9 Å². The summed E-state index contributed by atoms with van der Waals surface area (Å²) in [7, 11) is 1.51. The molecular weight excluding hydrogens is 256 g/mol. The molecule has 2 fully saturated rings. The van der Waals surface area contributed by atoms with E-state index in [0.717, 1.165) is 25.7 Å². The van der Waals surface area contributed by atoms with Crippen molar-refractivity contribution in [3.8, 4) is 5.75 Å². The third-order valence-corrected chi connectivity index (χ3v) is 4.29. The first kappa shape index (κ1) is 13.0. The molecule has 2 amide bonds. The van der Waals surface area contributed by atoms with Crippen LogP contribution in [0.1, 0.15) is 25.7 Å². The van der Waals surface area contributed by atoms with Crippen LogP contribution in [0.2, 0.25) is 0 Å². The molecule has 1 aliphatic carbocycles. The average molecular weight is 274 g/mol. The van der Waals surface area contributed by atoms with Crippen molar-refractivity contribution >= 4 is 23.2 Å². The van der Waals surface area contributed by atoms with Crippen molar-refractivity contribution in [2.75, 3.05) is 17.7 Å². The van der Waals surface area contributed by atoms with E-state index < -0.39 is 0 Å². The van der Waals surface area contributed by atoms with Gasteiger partial charge in [-0.2, -0.15) is 0 Å². The van der Waals surface area contributed by atoms with Gasteiger partial charge in [-0.05, 0) is 25.0 Å². The van der Waals surface area contributed by atoms with Gasteiger partial charge in [0.05, 0.1) is 24.6 Å². The first-order chi connectivity index (χ1) is 9.63. The lowest BCUT2D eigenvalue weighted by molar-refractivity contribution is -0.122. The number of rotatable bonds is 2. The minimum Gasteiger partial charge on any atom is -0.494 e. The average Bonchev–Trinajstić information content (AvgIpc) is 2.72. The highest BCUT2D eigenvalue weighted by Crippen LogP contribution is 2.42. The lowest BCUT2D eigenvalue weighted by Crippen LogP contribution is -2.31. The van der Waals surface area contributed by atoms with Crippen molar-refractivity contribution in [2.45, 2.75) is 25.7 Å². The quantitative estimate of drug-likeness (QED) is 0.661. The molecule has 2 aliphatic rings. The summed E-state index contributed by atoms with van der Waals surface area (Å²) in [6.07, 6.45) is 3.66. The number of hydrogen-bond donors (Lipinski definition) is 1. The summed E-state index contributed by atoms with van der Waals surface area (Å²) in [6, 6.07) is 5.00. The second-order valence-corrected chi connectivity index (χ2v) is 5.44. The molecular formula is C15H18N2O3. The third kappa shape index (κ3) is 1.85. The highest BCUT2D eigenvalue weighted by Gasteiger charge is 2.49. The van der Waals surface area contributed by atoms with E-state index in [0.29, 0.717) is 17.1 Å².